The smallest absolute Gasteiger partial charge is 0.220 e. The molecule has 1 unspecified atom stereocenters. The average molecular weight is 382 g/mol. The molecule has 0 aromatic heterocycles. The Labute approximate surface area is 148 Å². The van der Waals surface area contributed by atoms with E-state index in [-0.39, 0.29) is 11.3 Å². The van der Waals surface area contributed by atoms with Crippen LogP contribution in [0.5, 0.6) is 0 Å². The molecule has 1 aliphatic rings. The number of ether oxygens (including phenoxy) is 1. The lowest BCUT2D eigenvalue weighted by Crippen LogP contribution is -2.44. The highest BCUT2D eigenvalue weighted by atomic mass is 79.9. The van der Waals surface area contributed by atoms with E-state index in [1.807, 2.05) is 6.07 Å². The van der Waals surface area contributed by atoms with Crippen molar-refractivity contribution in [1.82, 2.24) is 5.32 Å². The van der Waals surface area contributed by atoms with Gasteiger partial charge in [0.15, 0.2) is 0 Å². The molecule has 1 aliphatic heterocycles. The number of benzene rings is 1. The van der Waals surface area contributed by atoms with E-state index in [1.165, 1.54) is 5.56 Å². The Morgan fingerprint density at radius 2 is 2.13 bits per heavy atom. The molecule has 0 radical (unpaired) electrons. The van der Waals surface area contributed by atoms with Crippen LogP contribution in [0.25, 0.3) is 0 Å². The molecule has 3 nitrogen and oxygen atoms in total. The van der Waals surface area contributed by atoms with E-state index in [0.717, 1.165) is 43.4 Å². The molecule has 1 N–H and O–H groups in total. The first-order chi connectivity index (χ1) is 11.1. The fourth-order valence-electron chi connectivity index (χ4n) is 3.40. The summed E-state index contributed by atoms with van der Waals surface area (Å²) in [6.07, 6.45) is 4.77. The van der Waals surface area contributed by atoms with Crippen LogP contribution in [0.2, 0.25) is 0 Å². The lowest BCUT2D eigenvalue weighted by Gasteiger charge is -2.38. The third kappa shape index (κ3) is 5.32. The lowest BCUT2D eigenvalue weighted by atomic mass is 9.74. The highest BCUT2D eigenvalue weighted by Crippen LogP contribution is 2.35. The van der Waals surface area contributed by atoms with Gasteiger partial charge in [0.05, 0.1) is 0 Å². The van der Waals surface area contributed by atoms with Crippen molar-refractivity contribution in [2.24, 2.45) is 5.92 Å². The summed E-state index contributed by atoms with van der Waals surface area (Å²) in [4.78, 5) is 12.3. The number of halogens is 1. The zero-order valence-electron chi connectivity index (χ0n) is 14.2. The van der Waals surface area contributed by atoms with E-state index in [1.54, 1.807) is 0 Å². The monoisotopic (exact) mass is 381 g/mol. The fourth-order valence-corrected chi connectivity index (χ4v) is 3.80. The van der Waals surface area contributed by atoms with Crippen LogP contribution in [0, 0.1) is 5.92 Å². The fraction of sp³-hybridized carbons (Fsp3) is 0.632. The Kier molecular flexibility index (Phi) is 7.09. The first-order valence-corrected chi connectivity index (χ1v) is 9.45. The van der Waals surface area contributed by atoms with Crippen molar-refractivity contribution in [3.63, 3.8) is 0 Å². The van der Waals surface area contributed by atoms with Crippen molar-refractivity contribution in [2.75, 3.05) is 19.8 Å². The summed E-state index contributed by atoms with van der Waals surface area (Å²) in [5.74, 6) is 0.628. The first kappa shape index (κ1) is 18.5. The Morgan fingerprint density at radius 1 is 1.39 bits per heavy atom. The molecule has 128 valence electrons. The zero-order chi connectivity index (χ0) is 16.7. The molecule has 0 saturated carbocycles. The van der Waals surface area contributed by atoms with Gasteiger partial charge in [0.25, 0.3) is 0 Å². The number of carbonyl (C=O) groups is 1. The van der Waals surface area contributed by atoms with Crippen LogP contribution in [-0.4, -0.2) is 25.7 Å². The van der Waals surface area contributed by atoms with Crippen molar-refractivity contribution in [3.05, 3.63) is 34.3 Å². The second-order valence-corrected chi connectivity index (χ2v) is 7.69. The van der Waals surface area contributed by atoms with Gasteiger partial charge in [0.1, 0.15) is 0 Å². The molecule has 1 heterocycles. The quantitative estimate of drug-likeness (QED) is 0.757. The molecule has 1 atom stereocenters. The standard InChI is InChI=1S/C19H28BrNO2/c1-3-5-15(2)12-18(22)21-14-19(8-10-23-11-9-19)16-6-4-7-17(20)13-16/h4,6-7,13,15H,3,5,8-12,14H2,1-2H3,(H,21,22). The summed E-state index contributed by atoms with van der Waals surface area (Å²) < 4.78 is 6.64. The minimum atomic E-state index is -0.00825. The minimum Gasteiger partial charge on any atom is -0.381 e. The topological polar surface area (TPSA) is 38.3 Å². The van der Waals surface area contributed by atoms with Gasteiger partial charge < -0.3 is 10.1 Å². The van der Waals surface area contributed by atoms with Gasteiger partial charge in [-0.1, -0.05) is 54.8 Å². The Bertz CT molecular complexity index is 512. The van der Waals surface area contributed by atoms with Gasteiger partial charge in [-0.05, 0) is 36.5 Å². The number of hydrogen-bond acceptors (Lipinski definition) is 2. The summed E-state index contributed by atoms with van der Waals surface area (Å²) in [6.45, 7) is 6.54. The van der Waals surface area contributed by atoms with E-state index in [2.05, 4.69) is 53.3 Å². The highest BCUT2D eigenvalue weighted by molar-refractivity contribution is 9.10. The third-order valence-electron chi connectivity index (χ3n) is 4.83. The number of amides is 1. The molecule has 23 heavy (non-hydrogen) atoms. The van der Waals surface area contributed by atoms with E-state index in [9.17, 15) is 4.79 Å². The third-order valence-corrected chi connectivity index (χ3v) is 5.32. The molecule has 0 aliphatic carbocycles. The Morgan fingerprint density at radius 3 is 2.78 bits per heavy atom. The maximum absolute atomic E-state index is 12.3. The Hall–Kier alpha value is -0.870. The average Bonchev–Trinajstić information content (AvgIpc) is 2.54. The summed E-state index contributed by atoms with van der Waals surface area (Å²) in [5, 5.41) is 3.19. The van der Waals surface area contributed by atoms with Crippen LogP contribution in [-0.2, 0) is 14.9 Å². The molecule has 1 saturated heterocycles. The molecule has 1 amide bonds. The zero-order valence-corrected chi connectivity index (χ0v) is 15.8. The number of carbonyl (C=O) groups excluding carboxylic acids is 1. The first-order valence-electron chi connectivity index (χ1n) is 8.66. The number of rotatable bonds is 7. The molecule has 2 rings (SSSR count). The molecule has 1 fully saturated rings. The van der Waals surface area contributed by atoms with Gasteiger partial charge in [-0.2, -0.15) is 0 Å². The van der Waals surface area contributed by atoms with Gasteiger partial charge in [-0.3, -0.25) is 4.79 Å². The van der Waals surface area contributed by atoms with Gasteiger partial charge in [0.2, 0.25) is 5.91 Å². The lowest BCUT2D eigenvalue weighted by molar-refractivity contribution is -0.122. The van der Waals surface area contributed by atoms with Crippen LogP contribution in [0.3, 0.4) is 0 Å². The minimum absolute atomic E-state index is 0.00825. The largest absolute Gasteiger partial charge is 0.381 e. The van der Waals surface area contributed by atoms with Crippen molar-refractivity contribution in [2.45, 2.75) is 51.4 Å². The van der Waals surface area contributed by atoms with E-state index >= 15 is 0 Å². The molecule has 0 spiro atoms. The summed E-state index contributed by atoms with van der Waals surface area (Å²) in [6, 6.07) is 8.46. The summed E-state index contributed by atoms with van der Waals surface area (Å²) >= 11 is 3.56. The maximum atomic E-state index is 12.3. The molecule has 4 heteroatoms. The van der Waals surface area contributed by atoms with Crippen molar-refractivity contribution >= 4 is 21.8 Å². The van der Waals surface area contributed by atoms with Gasteiger partial charge in [0, 0.05) is 36.1 Å². The van der Waals surface area contributed by atoms with Crippen LogP contribution >= 0.6 is 15.9 Å². The molecule has 1 aromatic rings. The van der Waals surface area contributed by atoms with Crippen molar-refractivity contribution in [3.8, 4) is 0 Å². The van der Waals surface area contributed by atoms with E-state index < -0.39 is 0 Å². The van der Waals surface area contributed by atoms with Gasteiger partial charge in [-0.25, -0.2) is 0 Å². The van der Waals surface area contributed by atoms with Crippen LogP contribution in [0.1, 0.15) is 51.5 Å². The highest BCUT2D eigenvalue weighted by Gasteiger charge is 2.35. The normalized spacial score (nSPS) is 18.4. The van der Waals surface area contributed by atoms with Gasteiger partial charge >= 0.3 is 0 Å². The molecule has 0 bridgehead atoms. The van der Waals surface area contributed by atoms with Crippen molar-refractivity contribution in [1.29, 1.82) is 0 Å². The molecule has 1 aromatic carbocycles. The predicted molar refractivity (Wildman–Crippen MR) is 97.6 cm³/mol. The van der Waals surface area contributed by atoms with E-state index in [0.29, 0.717) is 18.9 Å². The predicted octanol–water partition coefficient (Wildman–Crippen LogP) is 4.44. The summed E-state index contributed by atoms with van der Waals surface area (Å²) in [5.41, 5.74) is 1.28. The number of hydrogen-bond donors (Lipinski definition) is 1. The second kappa shape index (κ2) is 8.84. The van der Waals surface area contributed by atoms with Crippen LogP contribution in [0.15, 0.2) is 28.7 Å². The molecular weight excluding hydrogens is 354 g/mol. The second-order valence-electron chi connectivity index (χ2n) is 6.78. The van der Waals surface area contributed by atoms with Crippen molar-refractivity contribution < 1.29 is 9.53 Å². The molecular formula is C19H28BrNO2. The van der Waals surface area contributed by atoms with E-state index in [4.69, 9.17) is 4.74 Å². The summed E-state index contributed by atoms with van der Waals surface area (Å²) in [7, 11) is 0. The maximum Gasteiger partial charge on any atom is 0.220 e. The van der Waals surface area contributed by atoms with Crippen LogP contribution < -0.4 is 5.32 Å². The number of nitrogens with one attached hydrogen (secondary N) is 1. The Balaban J connectivity index is 2.03. The van der Waals surface area contributed by atoms with Crippen LogP contribution in [0.4, 0.5) is 0 Å². The van der Waals surface area contributed by atoms with Gasteiger partial charge in [-0.15, -0.1) is 0 Å². The SMILES string of the molecule is CCCC(C)CC(=O)NCC1(c2cccc(Br)c2)CCOCC1.